The topological polar surface area (TPSA) is 142 Å². The number of sulfonamides is 1. The number of hydrogen-bond acceptors (Lipinski definition) is 3. The molecule has 7 nitrogen and oxygen atoms in total. The molecule has 0 atom stereocenters. The summed E-state index contributed by atoms with van der Waals surface area (Å²) in [7, 11) is -4.09. The molecule has 0 heterocycles. The summed E-state index contributed by atoms with van der Waals surface area (Å²) in [5.74, 6) is -1.38. The maximum atomic E-state index is 11.6. The number of nitrogens with two attached hydrogens (primary N) is 3. The number of benzene rings is 1. The Balaban J connectivity index is 0.00000324. The first-order valence-electron chi connectivity index (χ1n) is 4.28. The van der Waals surface area contributed by atoms with Crippen molar-refractivity contribution in [3.8, 4) is 0 Å². The van der Waals surface area contributed by atoms with Crippen LogP contribution in [0, 0.1) is 0 Å². The highest BCUT2D eigenvalue weighted by Crippen LogP contribution is 2.28. The highest BCUT2D eigenvalue weighted by molar-refractivity contribution is 7.89. The average Bonchev–Trinajstić information content (AvgIpc) is 2.13. The number of guanidine groups is 1. The molecular formula is C8H9Cl3N4O3S. The fourth-order valence-corrected chi connectivity index (χ4v) is 2.49. The van der Waals surface area contributed by atoms with Crippen LogP contribution in [-0.4, -0.2) is 20.3 Å². The van der Waals surface area contributed by atoms with Gasteiger partial charge in [-0.2, -0.15) is 4.99 Å². The molecular weight excluding hydrogens is 339 g/mol. The Labute approximate surface area is 125 Å². The largest absolute Gasteiger partial charge is 0.370 e. The first kappa shape index (κ1) is 17.9. The fourth-order valence-electron chi connectivity index (χ4n) is 1.09. The van der Waals surface area contributed by atoms with Gasteiger partial charge in [0.2, 0.25) is 10.0 Å². The molecule has 0 aliphatic carbocycles. The van der Waals surface area contributed by atoms with Crippen LogP contribution in [0.2, 0.25) is 10.0 Å². The van der Waals surface area contributed by atoms with Gasteiger partial charge in [-0.05, 0) is 12.1 Å². The summed E-state index contributed by atoms with van der Waals surface area (Å²) in [6.45, 7) is 0. The first-order valence-corrected chi connectivity index (χ1v) is 6.59. The number of aliphatic imine (C=N–C) groups is 1. The predicted octanol–water partition coefficient (Wildman–Crippen LogP) is 0.476. The van der Waals surface area contributed by atoms with Crippen molar-refractivity contribution in [2.45, 2.75) is 4.90 Å². The maximum Gasteiger partial charge on any atom is 0.281 e. The molecule has 0 radical (unpaired) electrons. The maximum absolute atomic E-state index is 11.6. The molecule has 1 aromatic carbocycles. The molecule has 0 spiro atoms. The molecule has 0 aliphatic heterocycles. The van der Waals surface area contributed by atoms with Crippen LogP contribution in [0.1, 0.15) is 10.4 Å². The summed E-state index contributed by atoms with van der Waals surface area (Å²) in [6.07, 6.45) is 0. The highest BCUT2D eigenvalue weighted by atomic mass is 35.5. The molecule has 0 unspecified atom stereocenters. The minimum Gasteiger partial charge on any atom is -0.370 e. The molecule has 1 amide bonds. The lowest BCUT2D eigenvalue weighted by Gasteiger charge is -2.06. The van der Waals surface area contributed by atoms with Gasteiger partial charge in [-0.3, -0.25) is 4.79 Å². The third-order valence-electron chi connectivity index (χ3n) is 1.79. The molecule has 0 fully saturated rings. The highest BCUT2D eigenvalue weighted by Gasteiger charge is 2.19. The lowest BCUT2D eigenvalue weighted by molar-refractivity contribution is 0.100. The Bertz CT molecular complexity index is 641. The number of carbonyl (C=O) groups is 1. The zero-order valence-corrected chi connectivity index (χ0v) is 12.3. The Kier molecular flexibility index (Phi) is 6.04. The van der Waals surface area contributed by atoms with E-state index in [0.29, 0.717) is 0 Å². The molecule has 0 aliphatic rings. The van der Waals surface area contributed by atoms with Crippen molar-refractivity contribution >= 4 is 57.5 Å². The summed E-state index contributed by atoms with van der Waals surface area (Å²) in [4.78, 5) is 14.3. The Morgan fingerprint density at radius 1 is 1.16 bits per heavy atom. The summed E-state index contributed by atoms with van der Waals surface area (Å²) in [5.41, 5.74) is 9.84. The van der Waals surface area contributed by atoms with Crippen LogP contribution in [0.15, 0.2) is 22.0 Å². The molecule has 0 aromatic heterocycles. The monoisotopic (exact) mass is 346 g/mol. The number of amides is 1. The molecule has 1 rings (SSSR count). The molecule has 6 N–H and O–H groups in total. The van der Waals surface area contributed by atoms with Gasteiger partial charge in [0.15, 0.2) is 5.96 Å². The van der Waals surface area contributed by atoms with Gasteiger partial charge in [0.1, 0.15) is 4.90 Å². The van der Waals surface area contributed by atoms with Crippen LogP contribution >= 0.6 is 35.6 Å². The summed E-state index contributed by atoms with van der Waals surface area (Å²) in [5, 5.41) is 4.63. The van der Waals surface area contributed by atoms with Crippen molar-refractivity contribution in [2.24, 2.45) is 21.6 Å². The number of primary sulfonamides is 1. The molecule has 11 heteroatoms. The van der Waals surface area contributed by atoms with E-state index in [1.807, 2.05) is 0 Å². The van der Waals surface area contributed by atoms with E-state index in [2.05, 4.69) is 4.99 Å². The van der Waals surface area contributed by atoms with Gasteiger partial charge >= 0.3 is 0 Å². The number of halogens is 3. The number of hydrogen-bond donors (Lipinski definition) is 3. The molecule has 1 aromatic rings. The molecule has 106 valence electrons. The first-order chi connectivity index (χ1) is 8.12. The second-order valence-corrected chi connectivity index (χ2v) is 5.49. The molecule has 0 saturated carbocycles. The van der Waals surface area contributed by atoms with Crippen LogP contribution in [0.5, 0.6) is 0 Å². The van der Waals surface area contributed by atoms with Crippen LogP contribution in [0.4, 0.5) is 0 Å². The minimum atomic E-state index is -4.09. The van der Waals surface area contributed by atoms with E-state index in [4.69, 9.17) is 39.8 Å². The van der Waals surface area contributed by atoms with Gasteiger partial charge in [-0.1, -0.05) is 23.2 Å². The van der Waals surface area contributed by atoms with Gasteiger partial charge in [0.25, 0.3) is 5.91 Å². The van der Waals surface area contributed by atoms with E-state index in [9.17, 15) is 13.2 Å². The normalized spacial score (nSPS) is 10.5. The van der Waals surface area contributed by atoms with Crippen LogP contribution in [0.25, 0.3) is 0 Å². The van der Waals surface area contributed by atoms with E-state index in [1.165, 1.54) is 0 Å². The van der Waals surface area contributed by atoms with E-state index in [-0.39, 0.29) is 28.0 Å². The van der Waals surface area contributed by atoms with Gasteiger partial charge in [0.05, 0.1) is 15.6 Å². The van der Waals surface area contributed by atoms with E-state index < -0.39 is 26.8 Å². The van der Waals surface area contributed by atoms with Crippen molar-refractivity contribution in [3.63, 3.8) is 0 Å². The standard InChI is InChI=1S/C8H8Cl2N4O3S.ClH/c9-4-2-5(10)6(18(13,16)17)1-3(4)7(15)14-8(11)12;/h1-2H,(H2,13,16,17)(H4,11,12,14,15);1H. The second-order valence-electron chi connectivity index (χ2n) is 3.15. The zero-order valence-electron chi connectivity index (χ0n) is 9.13. The Morgan fingerprint density at radius 2 is 1.68 bits per heavy atom. The lowest BCUT2D eigenvalue weighted by atomic mass is 10.2. The third kappa shape index (κ3) is 4.51. The molecule has 19 heavy (non-hydrogen) atoms. The molecule has 0 saturated heterocycles. The van der Waals surface area contributed by atoms with Crippen LogP contribution in [-0.2, 0) is 10.0 Å². The summed E-state index contributed by atoms with van der Waals surface area (Å²) in [6, 6.07) is 1.98. The smallest absolute Gasteiger partial charge is 0.281 e. The van der Waals surface area contributed by atoms with Crippen molar-refractivity contribution in [3.05, 3.63) is 27.7 Å². The average molecular weight is 348 g/mol. The van der Waals surface area contributed by atoms with Gasteiger partial charge in [0, 0.05) is 0 Å². The number of carbonyl (C=O) groups excluding carboxylic acids is 1. The van der Waals surface area contributed by atoms with Crippen LogP contribution < -0.4 is 16.6 Å². The van der Waals surface area contributed by atoms with Gasteiger partial charge in [-0.25, -0.2) is 13.6 Å². The summed E-state index contributed by atoms with van der Waals surface area (Å²) < 4.78 is 22.4. The van der Waals surface area contributed by atoms with E-state index >= 15 is 0 Å². The third-order valence-corrected chi connectivity index (χ3v) is 3.48. The quantitative estimate of drug-likeness (QED) is 0.527. The van der Waals surface area contributed by atoms with Crippen molar-refractivity contribution in [1.82, 2.24) is 0 Å². The zero-order chi connectivity index (χ0) is 14.1. The minimum absolute atomic E-state index is 0. The predicted molar refractivity (Wildman–Crippen MR) is 75.2 cm³/mol. The molecule has 0 bridgehead atoms. The SMILES string of the molecule is Cl.NC(N)=NC(=O)c1cc(S(N)(=O)=O)c(Cl)cc1Cl. The second kappa shape index (κ2) is 6.40. The van der Waals surface area contributed by atoms with Crippen molar-refractivity contribution in [1.29, 1.82) is 0 Å². The Morgan fingerprint density at radius 3 is 2.11 bits per heavy atom. The van der Waals surface area contributed by atoms with Crippen molar-refractivity contribution < 1.29 is 13.2 Å². The number of nitrogens with zero attached hydrogens (tertiary/aromatic N) is 1. The van der Waals surface area contributed by atoms with Gasteiger partial charge < -0.3 is 11.5 Å². The Hall–Kier alpha value is -1.06. The lowest BCUT2D eigenvalue weighted by Crippen LogP contribution is -2.24. The van der Waals surface area contributed by atoms with Gasteiger partial charge in [-0.15, -0.1) is 12.4 Å². The van der Waals surface area contributed by atoms with E-state index in [0.717, 1.165) is 12.1 Å². The van der Waals surface area contributed by atoms with Crippen LogP contribution in [0.3, 0.4) is 0 Å². The fraction of sp³-hybridized carbons (Fsp3) is 0. The summed E-state index contributed by atoms with van der Waals surface area (Å²) >= 11 is 11.4. The number of rotatable bonds is 2. The van der Waals surface area contributed by atoms with E-state index in [1.54, 1.807) is 0 Å². The van der Waals surface area contributed by atoms with Crippen molar-refractivity contribution in [2.75, 3.05) is 0 Å².